The summed E-state index contributed by atoms with van der Waals surface area (Å²) < 4.78 is 38.6. The Bertz CT molecular complexity index is 604. The molecule has 0 aromatic heterocycles. The topological polar surface area (TPSA) is 3.24 Å². The maximum Gasteiger partial charge on any atom is 0.401 e. The molecule has 0 spiro atoms. The second-order valence-corrected chi connectivity index (χ2v) is 11.1. The fraction of sp³-hybridized carbons (Fsp3) is 0.429. The average molecular weight is 380 g/mol. The third kappa shape index (κ3) is 5.45. The highest BCUT2D eigenvalue weighted by molar-refractivity contribution is 7.02. The van der Waals surface area contributed by atoms with Gasteiger partial charge in [0.25, 0.3) is 0 Å². The molecule has 0 aliphatic rings. The molecule has 0 unspecified atom stereocenters. The number of benzene rings is 2. The van der Waals surface area contributed by atoms with E-state index in [4.69, 9.17) is 0 Å². The minimum Gasteiger partial charge on any atom is -0.296 e. The van der Waals surface area contributed by atoms with E-state index in [9.17, 15) is 13.2 Å². The lowest BCUT2D eigenvalue weighted by molar-refractivity contribution is -0.145. The summed E-state index contributed by atoms with van der Waals surface area (Å²) in [5.74, 6) is 0. The van der Waals surface area contributed by atoms with Gasteiger partial charge in [0.05, 0.1) is 6.54 Å². The lowest BCUT2D eigenvalue weighted by Crippen LogP contribution is -2.59. The van der Waals surface area contributed by atoms with Gasteiger partial charge in [-0.3, -0.25) is 4.90 Å². The predicted molar refractivity (Wildman–Crippen MR) is 106 cm³/mol. The molecule has 2 rings (SSSR count). The van der Waals surface area contributed by atoms with Gasteiger partial charge in [0.15, 0.2) is 0 Å². The number of hydrogen-bond acceptors (Lipinski definition) is 1. The third-order valence-electron chi connectivity index (χ3n) is 5.03. The zero-order valence-corrected chi connectivity index (χ0v) is 16.6. The van der Waals surface area contributed by atoms with Crippen LogP contribution in [0.4, 0.5) is 13.2 Å². The Kier molecular flexibility index (Phi) is 7.47. The first-order chi connectivity index (χ1) is 12.4. The summed E-state index contributed by atoms with van der Waals surface area (Å²) in [4.78, 5) is 1.53. The molecule has 0 heterocycles. The van der Waals surface area contributed by atoms with Crippen LogP contribution in [0.25, 0.3) is 0 Å². The zero-order valence-electron chi connectivity index (χ0n) is 15.6. The lowest BCUT2D eigenvalue weighted by Gasteiger charge is -2.35. The molecular formula is C21H28F3NSi. The van der Waals surface area contributed by atoms with E-state index in [0.717, 1.165) is 18.5 Å². The third-order valence-corrected chi connectivity index (χ3v) is 10.3. The quantitative estimate of drug-likeness (QED) is 0.578. The number of alkyl halides is 3. The predicted octanol–water partition coefficient (Wildman–Crippen LogP) is 4.54. The minimum atomic E-state index is -4.15. The summed E-state index contributed by atoms with van der Waals surface area (Å²) in [6.45, 7) is 4.04. The van der Waals surface area contributed by atoms with E-state index >= 15 is 0 Å². The van der Waals surface area contributed by atoms with Crippen LogP contribution in [0, 0.1) is 0 Å². The van der Waals surface area contributed by atoms with Crippen molar-refractivity contribution in [3.63, 3.8) is 0 Å². The smallest absolute Gasteiger partial charge is 0.296 e. The fourth-order valence-electron chi connectivity index (χ4n) is 3.76. The lowest BCUT2D eigenvalue weighted by atomic mass is 10.4. The van der Waals surface area contributed by atoms with Crippen LogP contribution in [0.5, 0.6) is 0 Å². The summed E-state index contributed by atoms with van der Waals surface area (Å²) in [6.07, 6.45) is -3.12. The van der Waals surface area contributed by atoms with Crippen LogP contribution in [-0.4, -0.2) is 38.8 Å². The van der Waals surface area contributed by atoms with Crippen LogP contribution in [0.15, 0.2) is 60.7 Å². The van der Waals surface area contributed by atoms with Crippen molar-refractivity contribution in [2.45, 2.75) is 38.5 Å². The second-order valence-electron chi connectivity index (χ2n) is 6.80. The Balaban J connectivity index is 2.37. The molecule has 0 amide bonds. The van der Waals surface area contributed by atoms with Crippen molar-refractivity contribution in [3.05, 3.63) is 60.7 Å². The minimum absolute atomic E-state index is 0.416. The van der Waals surface area contributed by atoms with Gasteiger partial charge in [-0.25, -0.2) is 0 Å². The number of halogens is 3. The molecule has 142 valence electrons. The summed E-state index contributed by atoms with van der Waals surface area (Å²) in [5.41, 5.74) is 0. The van der Waals surface area contributed by atoms with E-state index in [1.807, 2.05) is 36.4 Å². The normalized spacial score (nSPS) is 12.5. The molecule has 0 aliphatic heterocycles. The Hall–Kier alpha value is -1.59. The van der Waals surface area contributed by atoms with Crippen molar-refractivity contribution in [1.29, 1.82) is 0 Å². The fourth-order valence-corrected chi connectivity index (χ4v) is 8.71. The van der Waals surface area contributed by atoms with Gasteiger partial charge < -0.3 is 0 Å². The molecule has 26 heavy (non-hydrogen) atoms. The first-order valence-electron chi connectivity index (χ1n) is 9.31. The Morgan fingerprint density at radius 3 is 1.69 bits per heavy atom. The van der Waals surface area contributed by atoms with E-state index in [0.29, 0.717) is 13.1 Å². The van der Waals surface area contributed by atoms with Gasteiger partial charge in [-0.1, -0.05) is 91.3 Å². The molecular weight excluding hydrogens is 351 g/mol. The van der Waals surface area contributed by atoms with Crippen LogP contribution in [0.3, 0.4) is 0 Å². The van der Waals surface area contributed by atoms with Gasteiger partial charge in [-0.05, 0) is 25.2 Å². The first-order valence-corrected chi connectivity index (χ1v) is 11.7. The van der Waals surface area contributed by atoms with Crippen molar-refractivity contribution in [3.8, 4) is 0 Å². The number of hydrogen-bond donors (Lipinski definition) is 0. The monoisotopic (exact) mass is 379 g/mol. The largest absolute Gasteiger partial charge is 0.401 e. The van der Waals surface area contributed by atoms with Crippen molar-refractivity contribution in [2.24, 2.45) is 0 Å². The Morgan fingerprint density at radius 2 is 1.31 bits per heavy atom. The Labute approximate surface area is 155 Å². The van der Waals surface area contributed by atoms with Crippen LogP contribution in [0.1, 0.15) is 20.3 Å². The molecule has 0 saturated heterocycles. The molecule has 0 atom stereocenters. The SMILES string of the molecule is CCC[Si](CCN(CC)CC(F)(F)F)(c1ccccc1)c1ccccc1. The van der Waals surface area contributed by atoms with Gasteiger partial charge >= 0.3 is 6.18 Å². The van der Waals surface area contributed by atoms with E-state index in [1.54, 1.807) is 6.92 Å². The van der Waals surface area contributed by atoms with Gasteiger partial charge in [0, 0.05) is 0 Å². The van der Waals surface area contributed by atoms with Crippen molar-refractivity contribution in [2.75, 3.05) is 19.6 Å². The first kappa shape index (κ1) is 20.7. The van der Waals surface area contributed by atoms with E-state index in [-0.39, 0.29) is 0 Å². The van der Waals surface area contributed by atoms with Gasteiger partial charge in [0.1, 0.15) is 8.07 Å². The molecule has 5 heteroatoms. The van der Waals surface area contributed by atoms with Gasteiger partial charge in [0.2, 0.25) is 0 Å². The summed E-state index contributed by atoms with van der Waals surface area (Å²) in [5, 5.41) is 2.63. The number of nitrogens with zero attached hydrogens (tertiary/aromatic N) is 1. The zero-order chi connectivity index (χ0) is 19.0. The van der Waals surface area contributed by atoms with Gasteiger partial charge in [-0.15, -0.1) is 0 Å². The average Bonchev–Trinajstić information content (AvgIpc) is 2.64. The van der Waals surface area contributed by atoms with Crippen molar-refractivity contribution < 1.29 is 13.2 Å². The second kappa shape index (κ2) is 9.37. The highest BCUT2D eigenvalue weighted by atomic mass is 28.3. The van der Waals surface area contributed by atoms with Crippen molar-refractivity contribution in [1.82, 2.24) is 4.90 Å². The molecule has 0 N–H and O–H groups in total. The van der Waals surface area contributed by atoms with E-state index in [1.165, 1.54) is 15.3 Å². The molecule has 0 bridgehead atoms. The molecule has 1 nitrogen and oxygen atoms in total. The number of rotatable bonds is 9. The molecule has 0 radical (unpaired) electrons. The molecule has 0 aliphatic carbocycles. The molecule has 2 aromatic carbocycles. The van der Waals surface area contributed by atoms with Gasteiger partial charge in [-0.2, -0.15) is 13.2 Å². The molecule has 2 aromatic rings. The maximum absolute atomic E-state index is 12.9. The van der Waals surface area contributed by atoms with Crippen LogP contribution < -0.4 is 10.4 Å². The summed E-state index contributed by atoms with van der Waals surface area (Å²) in [6, 6.07) is 22.7. The highest BCUT2D eigenvalue weighted by Gasteiger charge is 2.37. The van der Waals surface area contributed by atoms with Crippen LogP contribution in [0.2, 0.25) is 12.1 Å². The summed E-state index contributed by atoms with van der Waals surface area (Å²) in [7, 11) is -2.11. The van der Waals surface area contributed by atoms with Crippen LogP contribution >= 0.6 is 0 Å². The molecule has 0 fully saturated rings. The highest BCUT2D eigenvalue weighted by Crippen LogP contribution is 2.22. The van der Waals surface area contributed by atoms with Crippen molar-refractivity contribution >= 4 is 18.4 Å². The summed E-state index contributed by atoms with van der Waals surface area (Å²) >= 11 is 0. The van der Waals surface area contributed by atoms with E-state index in [2.05, 4.69) is 31.2 Å². The van der Waals surface area contributed by atoms with E-state index < -0.39 is 20.8 Å². The standard InChI is InChI=1S/C21H28F3NSi/c1-3-16-26(19-11-7-5-8-12-19,20-13-9-6-10-14-20)17-15-25(4-2)18-21(22,23)24/h5-14H,3-4,15-18H2,1-2H3. The molecule has 0 saturated carbocycles. The van der Waals surface area contributed by atoms with Crippen LogP contribution in [-0.2, 0) is 0 Å². The maximum atomic E-state index is 12.9. The Morgan fingerprint density at radius 1 is 0.808 bits per heavy atom.